The lowest BCUT2D eigenvalue weighted by Gasteiger charge is -2.18. The van der Waals surface area contributed by atoms with Crippen LogP contribution in [0, 0.1) is 0 Å². The molecule has 10 heteroatoms. The summed E-state index contributed by atoms with van der Waals surface area (Å²) in [5.74, 6) is -3.28. The zero-order valence-corrected chi connectivity index (χ0v) is 13.6. The highest BCUT2D eigenvalue weighted by molar-refractivity contribution is 9.09. The van der Waals surface area contributed by atoms with Crippen molar-refractivity contribution in [2.24, 2.45) is 0 Å². The number of aliphatic carboxylic acids is 2. The van der Waals surface area contributed by atoms with Crippen molar-refractivity contribution in [3.05, 3.63) is 0 Å². The van der Waals surface area contributed by atoms with E-state index in [1.807, 2.05) is 0 Å². The van der Waals surface area contributed by atoms with Gasteiger partial charge in [-0.3, -0.25) is 14.4 Å². The highest BCUT2D eigenvalue weighted by Gasteiger charge is 2.19. The number of amides is 1. The van der Waals surface area contributed by atoms with Crippen LogP contribution >= 0.6 is 15.9 Å². The van der Waals surface area contributed by atoms with E-state index in [9.17, 15) is 14.4 Å². The number of carbonyl (C=O) groups excluding carboxylic acids is 1. The Kier molecular flexibility index (Phi) is 12.7. The molecule has 0 aliphatic heterocycles. The third-order valence-electron chi connectivity index (χ3n) is 2.20. The van der Waals surface area contributed by atoms with E-state index >= 15 is 0 Å². The number of hydrogen-bond acceptors (Lipinski definition) is 6. The van der Waals surface area contributed by atoms with Crippen LogP contribution in [0.15, 0.2) is 0 Å². The Labute approximate surface area is 136 Å². The minimum absolute atomic E-state index is 0.137. The van der Waals surface area contributed by atoms with Crippen LogP contribution in [0.5, 0.6) is 0 Å². The van der Waals surface area contributed by atoms with Crippen molar-refractivity contribution in [1.29, 1.82) is 0 Å². The molecule has 0 saturated heterocycles. The number of rotatable bonds is 14. The fourth-order valence-corrected chi connectivity index (χ4v) is 1.53. The number of halogens is 1. The number of ether oxygens (including phenoxy) is 3. The summed E-state index contributed by atoms with van der Waals surface area (Å²) in [6.45, 7) is 0.0676. The molecular formula is C12H20BrNO8. The minimum Gasteiger partial charge on any atom is -0.480 e. The average molecular weight is 386 g/mol. The highest BCUT2D eigenvalue weighted by Crippen LogP contribution is 1.92. The predicted octanol–water partition coefficient (Wildman–Crippen LogP) is -0.571. The topological polar surface area (TPSA) is 123 Å². The van der Waals surface area contributed by atoms with Gasteiger partial charge in [0, 0.05) is 5.33 Å². The van der Waals surface area contributed by atoms with Crippen molar-refractivity contribution < 1.29 is 38.8 Å². The lowest BCUT2D eigenvalue weighted by atomic mass is 10.4. The monoisotopic (exact) mass is 385 g/mol. The second-order valence-electron chi connectivity index (χ2n) is 4.00. The lowest BCUT2D eigenvalue weighted by Crippen LogP contribution is -2.41. The van der Waals surface area contributed by atoms with Crippen LogP contribution in [0.2, 0.25) is 0 Å². The molecule has 0 fully saturated rings. The summed E-state index contributed by atoms with van der Waals surface area (Å²) in [5.41, 5.74) is 0. The molecule has 0 heterocycles. The van der Waals surface area contributed by atoms with E-state index in [-0.39, 0.29) is 13.2 Å². The van der Waals surface area contributed by atoms with Crippen molar-refractivity contribution in [3.8, 4) is 0 Å². The maximum Gasteiger partial charge on any atom is 0.323 e. The van der Waals surface area contributed by atoms with Crippen molar-refractivity contribution in [2.45, 2.75) is 0 Å². The third kappa shape index (κ3) is 12.5. The Bertz CT molecular complexity index is 336. The van der Waals surface area contributed by atoms with Crippen LogP contribution in [-0.2, 0) is 28.6 Å². The van der Waals surface area contributed by atoms with Crippen molar-refractivity contribution >= 4 is 33.8 Å². The van der Waals surface area contributed by atoms with E-state index in [4.69, 9.17) is 24.4 Å². The van der Waals surface area contributed by atoms with Gasteiger partial charge in [-0.05, 0) is 0 Å². The van der Waals surface area contributed by atoms with E-state index in [1.165, 1.54) is 0 Å². The molecule has 0 rings (SSSR count). The smallest absolute Gasteiger partial charge is 0.323 e. The zero-order valence-electron chi connectivity index (χ0n) is 12.0. The van der Waals surface area contributed by atoms with E-state index in [1.54, 1.807) is 0 Å². The Morgan fingerprint density at radius 2 is 1.27 bits per heavy atom. The van der Waals surface area contributed by atoms with Gasteiger partial charge < -0.3 is 29.3 Å². The van der Waals surface area contributed by atoms with Crippen molar-refractivity contribution in [1.82, 2.24) is 4.90 Å². The number of carboxylic acids is 2. The molecule has 0 bridgehead atoms. The standard InChI is InChI=1S/C12H20BrNO8/c13-1-2-20-3-4-21-5-6-22-9-10(15)14(7-11(16)17)8-12(18)19/h1-9H2,(H,16,17)(H,18,19). The van der Waals surface area contributed by atoms with Gasteiger partial charge in [-0.1, -0.05) is 15.9 Å². The Balaban J connectivity index is 3.75. The molecule has 0 unspecified atom stereocenters. The van der Waals surface area contributed by atoms with Crippen molar-refractivity contribution in [3.63, 3.8) is 0 Å². The minimum atomic E-state index is -1.29. The maximum absolute atomic E-state index is 11.6. The fraction of sp³-hybridized carbons (Fsp3) is 0.750. The molecule has 9 nitrogen and oxygen atoms in total. The van der Waals surface area contributed by atoms with Crippen LogP contribution in [0.1, 0.15) is 0 Å². The summed E-state index contributed by atoms with van der Waals surface area (Å²) in [6, 6.07) is 0. The summed E-state index contributed by atoms with van der Waals surface area (Å²) in [6.07, 6.45) is 0. The van der Waals surface area contributed by atoms with E-state index in [0.717, 1.165) is 5.33 Å². The summed E-state index contributed by atoms with van der Waals surface area (Å²) < 4.78 is 15.3. The number of carbonyl (C=O) groups is 3. The second kappa shape index (κ2) is 13.4. The SMILES string of the molecule is O=C(O)CN(CC(=O)O)C(=O)COCCOCCOCCBr. The largest absolute Gasteiger partial charge is 0.480 e. The second-order valence-corrected chi connectivity index (χ2v) is 4.80. The Morgan fingerprint density at radius 3 is 1.73 bits per heavy atom. The first kappa shape index (κ1) is 20.8. The number of hydrogen-bond donors (Lipinski definition) is 2. The Morgan fingerprint density at radius 1 is 0.818 bits per heavy atom. The van der Waals surface area contributed by atoms with E-state index in [2.05, 4.69) is 15.9 Å². The molecule has 0 aliphatic rings. The van der Waals surface area contributed by atoms with Crippen LogP contribution in [-0.4, -0.2) is 91.0 Å². The van der Waals surface area contributed by atoms with Crippen LogP contribution < -0.4 is 0 Å². The number of nitrogens with zero attached hydrogens (tertiary/aromatic N) is 1. The van der Waals surface area contributed by atoms with Crippen LogP contribution in [0.25, 0.3) is 0 Å². The average Bonchev–Trinajstić information content (AvgIpc) is 2.43. The zero-order chi connectivity index (χ0) is 16.8. The van der Waals surface area contributed by atoms with E-state index < -0.39 is 37.5 Å². The normalized spacial score (nSPS) is 10.4. The molecule has 128 valence electrons. The van der Waals surface area contributed by atoms with Gasteiger partial charge in [-0.25, -0.2) is 0 Å². The van der Waals surface area contributed by atoms with Gasteiger partial charge in [0.05, 0.1) is 33.0 Å². The lowest BCUT2D eigenvalue weighted by molar-refractivity contribution is -0.151. The quantitative estimate of drug-likeness (QED) is 0.301. The number of carboxylic acid groups (broad SMARTS) is 2. The molecule has 22 heavy (non-hydrogen) atoms. The molecule has 1 amide bonds. The molecule has 0 radical (unpaired) electrons. The first-order chi connectivity index (χ1) is 10.5. The molecule has 2 N–H and O–H groups in total. The van der Waals surface area contributed by atoms with Crippen molar-refractivity contribution in [2.75, 3.05) is 58.1 Å². The van der Waals surface area contributed by atoms with Crippen LogP contribution in [0.3, 0.4) is 0 Å². The van der Waals surface area contributed by atoms with Gasteiger partial charge in [-0.15, -0.1) is 0 Å². The Hall–Kier alpha value is -1.23. The first-order valence-corrected chi connectivity index (χ1v) is 7.60. The molecular weight excluding hydrogens is 366 g/mol. The van der Waals surface area contributed by atoms with E-state index in [0.29, 0.717) is 24.7 Å². The molecule has 0 aliphatic carbocycles. The molecule has 0 aromatic rings. The molecule has 0 atom stereocenters. The third-order valence-corrected chi connectivity index (χ3v) is 2.52. The predicted molar refractivity (Wildman–Crippen MR) is 78.1 cm³/mol. The van der Waals surface area contributed by atoms with Gasteiger partial charge in [0.1, 0.15) is 19.7 Å². The van der Waals surface area contributed by atoms with Crippen LogP contribution in [0.4, 0.5) is 0 Å². The van der Waals surface area contributed by atoms with Gasteiger partial charge in [0.2, 0.25) is 5.91 Å². The molecule has 0 spiro atoms. The first-order valence-electron chi connectivity index (χ1n) is 6.48. The van der Waals surface area contributed by atoms with Gasteiger partial charge in [0.25, 0.3) is 0 Å². The van der Waals surface area contributed by atoms with Gasteiger partial charge >= 0.3 is 11.9 Å². The fourth-order valence-electron chi connectivity index (χ4n) is 1.30. The summed E-state index contributed by atoms with van der Waals surface area (Å²) in [4.78, 5) is 33.4. The molecule has 0 aromatic carbocycles. The summed E-state index contributed by atoms with van der Waals surface area (Å²) in [7, 11) is 0. The molecule has 0 aromatic heterocycles. The van der Waals surface area contributed by atoms with Gasteiger partial charge in [0.15, 0.2) is 0 Å². The molecule has 0 saturated carbocycles. The summed E-state index contributed by atoms with van der Waals surface area (Å²) >= 11 is 3.21. The van der Waals surface area contributed by atoms with Gasteiger partial charge in [-0.2, -0.15) is 0 Å². The number of alkyl halides is 1. The maximum atomic E-state index is 11.6. The summed E-state index contributed by atoms with van der Waals surface area (Å²) in [5, 5.41) is 18.0. The highest BCUT2D eigenvalue weighted by atomic mass is 79.9.